The van der Waals surface area contributed by atoms with Gasteiger partial charge in [0.2, 0.25) is 0 Å². The van der Waals surface area contributed by atoms with Crippen molar-refractivity contribution in [1.29, 1.82) is 0 Å². The number of thiocarbonyl (C=S) groups is 1. The number of aromatic hydroxyl groups is 1. The molecule has 1 saturated heterocycles. The quantitative estimate of drug-likeness (QED) is 0.261. The van der Waals surface area contributed by atoms with Crippen molar-refractivity contribution in [3.63, 3.8) is 0 Å². The molecule has 0 spiro atoms. The van der Waals surface area contributed by atoms with Gasteiger partial charge in [0, 0.05) is 17.7 Å². The van der Waals surface area contributed by atoms with Gasteiger partial charge in [0.15, 0.2) is 4.32 Å². The van der Waals surface area contributed by atoms with Crippen molar-refractivity contribution in [3.05, 3.63) is 74.2 Å². The molecule has 0 unspecified atom stereocenters. The Kier molecular flexibility index (Phi) is 5.86. The van der Waals surface area contributed by atoms with E-state index >= 15 is 0 Å². The number of nitrogens with zero attached hydrogens (tertiary/aromatic N) is 3. The lowest BCUT2D eigenvalue weighted by Gasteiger charge is -2.06. The minimum atomic E-state index is -0.580. The molecule has 1 aliphatic rings. The number of nitro groups is 1. The fourth-order valence-electron chi connectivity index (χ4n) is 2.44. The van der Waals surface area contributed by atoms with E-state index in [2.05, 4.69) is 12.0 Å². The number of non-ortho nitro benzene ring substituents is 1. The first-order chi connectivity index (χ1) is 13.4. The normalized spacial score (nSPS) is 15.8. The second-order valence-electron chi connectivity index (χ2n) is 5.83. The molecule has 28 heavy (non-hydrogen) atoms. The Morgan fingerprint density at radius 2 is 2.00 bits per heavy atom. The second kappa shape index (κ2) is 8.32. The Bertz CT molecular complexity index is 1020. The maximum absolute atomic E-state index is 12.6. The lowest BCUT2D eigenvalue weighted by Crippen LogP contribution is -2.22. The van der Waals surface area contributed by atoms with Gasteiger partial charge in [-0.25, -0.2) is 0 Å². The standard InChI is InChI=1S/C19H15N3O4S2/c1-2-12-3-5-13(6-4-12)9-17-18(24)21(19(27)28-17)20-11-14-10-15(22(25)26)7-8-16(14)23/h3-11,23H,2H2,1H3/b17-9+,20-11+. The Morgan fingerprint density at radius 3 is 2.64 bits per heavy atom. The molecule has 0 saturated carbocycles. The Hall–Kier alpha value is -3.04. The van der Waals surface area contributed by atoms with E-state index in [0.717, 1.165) is 28.8 Å². The smallest absolute Gasteiger partial charge is 0.286 e. The van der Waals surface area contributed by atoms with Gasteiger partial charge in [-0.1, -0.05) is 43.0 Å². The van der Waals surface area contributed by atoms with Crippen LogP contribution in [0.3, 0.4) is 0 Å². The molecule has 9 heteroatoms. The number of benzene rings is 2. The number of hydrogen-bond donors (Lipinski definition) is 1. The maximum Gasteiger partial charge on any atom is 0.286 e. The summed E-state index contributed by atoms with van der Waals surface area (Å²) in [7, 11) is 0. The molecule has 142 valence electrons. The van der Waals surface area contributed by atoms with E-state index in [1.165, 1.54) is 30.0 Å². The number of phenolic OH excluding ortho intramolecular Hbond substituents is 1. The molecule has 0 aromatic heterocycles. The molecule has 1 heterocycles. The predicted molar refractivity (Wildman–Crippen MR) is 113 cm³/mol. The third-order valence-corrected chi connectivity index (χ3v) is 5.28. The highest BCUT2D eigenvalue weighted by molar-refractivity contribution is 8.26. The number of amides is 1. The highest BCUT2D eigenvalue weighted by Gasteiger charge is 2.32. The molecule has 1 N–H and O–H groups in total. The van der Waals surface area contributed by atoms with Crippen molar-refractivity contribution < 1.29 is 14.8 Å². The summed E-state index contributed by atoms with van der Waals surface area (Å²) in [6.45, 7) is 2.07. The van der Waals surface area contributed by atoms with E-state index < -0.39 is 10.8 Å². The summed E-state index contributed by atoms with van der Waals surface area (Å²) in [6.07, 6.45) is 3.84. The van der Waals surface area contributed by atoms with Crippen molar-refractivity contribution in [2.75, 3.05) is 0 Å². The van der Waals surface area contributed by atoms with E-state index in [1.54, 1.807) is 6.08 Å². The van der Waals surface area contributed by atoms with Gasteiger partial charge in [-0.15, -0.1) is 0 Å². The third-order valence-electron chi connectivity index (χ3n) is 3.99. The van der Waals surface area contributed by atoms with E-state index in [1.807, 2.05) is 24.3 Å². The van der Waals surface area contributed by atoms with E-state index in [-0.39, 0.29) is 21.3 Å². The van der Waals surface area contributed by atoms with Gasteiger partial charge in [-0.05, 0) is 41.9 Å². The molecular weight excluding hydrogens is 398 g/mol. The number of phenols is 1. The van der Waals surface area contributed by atoms with Crippen molar-refractivity contribution in [2.45, 2.75) is 13.3 Å². The topological polar surface area (TPSA) is 96.0 Å². The molecule has 0 bridgehead atoms. The summed E-state index contributed by atoms with van der Waals surface area (Å²) < 4.78 is 0.239. The molecule has 1 aliphatic heterocycles. The lowest BCUT2D eigenvalue weighted by atomic mass is 10.1. The molecule has 1 fully saturated rings. The van der Waals surface area contributed by atoms with Gasteiger partial charge in [-0.2, -0.15) is 10.1 Å². The Balaban J connectivity index is 1.82. The number of hydrazone groups is 1. The third kappa shape index (κ3) is 4.26. The van der Waals surface area contributed by atoms with Gasteiger partial charge in [0.1, 0.15) is 5.75 Å². The van der Waals surface area contributed by atoms with Crippen LogP contribution in [-0.2, 0) is 11.2 Å². The first-order valence-corrected chi connectivity index (χ1v) is 9.50. The first-order valence-electron chi connectivity index (χ1n) is 8.27. The molecule has 0 radical (unpaired) electrons. The molecule has 2 aromatic carbocycles. The second-order valence-corrected chi connectivity index (χ2v) is 7.51. The van der Waals surface area contributed by atoms with Crippen molar-refractivity contribution in [3.8, 4) is 5.75 Å². The molecule has 2 aromatic rings. The summed E-state index contributed by atoms with van der Waals surface area (Å²) >= 11 is 6.33. The minimum absolute atomic E-state index is 0.113. The summed E-state index contributed by atoms with van der Waals surface area (Å²) in [6, 6.07) is 11.4. The monoisotopic (exact) mass is 413 g/mol. The number of carbonyl (C=O) groups excluding carboxylic acids is 1. The average molecular weight is 413 g/mol. The minimum Gasteiger partial charge on any atom is -0.507 e. The van der Waals surface area contributed by atoms with Crippen LogP contribution in [0.15, 0.2) is 52.5 Å². The lowest BCUT2D eigenvalue weighted by molar-refractivity contribution is -0.384. The molecule has 7 nitrogen and oxygen atoms in total. The van der Waals surface area contributed by atoms with Crippen LogP contribution in [0.2, 0.25) is 0 Å². The zero-order chi connectivity index (χ0) is 20.3. The van der Waals surface area contributed by atoms with Crippen LogP contribution in [0.25, 0.3) is 6.08 Å². The van der Waals surface area contributed by atoms with Gasteiger partial charge in [-0.3, -0.25) is 14.9 Å². The maximum atomic E-state index is 12.6. The van der Waals surface area contributed by atoms with Gasteiger partial charge in [0.25, 0.3) is 11.6 Å². The molecule has 0 aliphatic carbocycles. The summed E-state index contributed by atoms with van der Waals surface area (Å²) in [5, 5.41) is 25.8. The van der Waals surface area contributed by atoms with Gasteiger partial charge >= 0.3 is 0 Å². The van der Waals surface area contributed by atoms with Crippen LogP contribution >= 0.6 is 24.0 Å². The zero-order valence-corrected chi connectivity index (χ0v) is 16.4. The zero-order valence-electron chi connectivity index (χ0n) is 14.7. The van der Waals surface area contributed by atoms with Crippen LogP contribution in [0.4, 0.5) is 5.69 Å². The first kappa shape index (κ1) is 19.7. The van der Waals surface area contributed by atoms with Crippen molar-refractivity contribution >= 4 is 52.2 Å². The van der Waals surface area contributed by atoms with Crippen LogP contribution in [-0.4, -0.2) is 31.5 Å². The summed E-state index contributed by atoms with van der Waals surface area (Å²) in [4.78, 5) is 23.3. The highest BCUT2D eigenvalue weighted by Crippen LogP contribution is 2.33. The van der Waals surface area contributed by atoms with Gasteiger partial charge < -0.3 is 5.11 Å². The number of nitro benzene ring substituents is 1. The highest BCUT2D eigenvalue weighted by atomic mass is 32.2. The predicted octanol–water partition coefficient (Wildman–Crippen LogP) is 4.10. The van der Waals surface area contributed by atoms with Crippen molar-refractivity contribution in [2.24, 2.45) is 5.10 Å². The fourth-order valence-corrected chi connectivity index (χ4v) is 3.61. The molecule has 1 amide bonds. The number of hydrogen-bond acceptors (Lipinski definition) is 7. The van der Waals surface area contributed by atoms with Crippen LogP contribution in [0, 0.1) is 10.1 Å². The van der Waals surface area contributed by atoms with Crippen LogP contribution in [0.1, 0.15) is 23.6 Å². The van der Waals surface area contributed by atoms with Gasteiger partial charge in [0.05, 0.1) is 16.0 Å². The Labute approximate surface area is 170 Å². The number of carbonyl (C=O) groups is 1. The van der Waals surface area contributed by atoms with E-state index in [0.29, 0.717) is 4.91 Å². The fraction of sp³-hybridized carbons (Fsp3) is 0.105. The molecule has 3 rings (SSSR count). The SMILES string of the molecule is CCc1ccc(/C=C2/SC(=S)N(/N=C/c3cc([N+](=O)[O-])ccc3O)C2=O)cc1. The van der Waals surface area contributed by atoms with E-state index in [9.17, 15) is 20.0 Å². The molecular formula is C19H15N3O4S2. The summed E-state index contributed by atoms with van der Waals surface area (Å²) in [5.74, 6) is -0.581. The average Bonchev–Trinajstić information content (AvgIpc) is 2.94. The number of thioether (sulfide) groups is 1. The largest absolute Gasteiger partial charge is 0.507 e. The Morgan fingerprint density at radius 1 is 1.29 bits per heavy atom. The summed E-state index contributed by atoms with van der Waals surface area (Å²) in [5.41, 5.74) is 1.99. The molecule has 0 atom stereocenters. The number of rotatable bonds is 5. The number of aryl methyl sites for hydroxylation is 1. The van der Waals surface area contributed by atoms with E-state index in [4.69, 9.17) is 12.2 Å². The van der Waals surface area contributed by atoms with Crippen LogP contribution in [0.5, 0.6) is 5.75 Å². The van der Waals surface area contributed by atoms with Crippen LogP contribution < -0.4 is 0 Å². The van der Waals surface area contributed by atoms with Crippen molar-refractivity contribution in [1.82, 2.24) is 5.01 Å².